The molecular weight excluding hydrogens is 230 g/mol. The summed E-state index contributed by atoms with van der Waals surface area (Å²) in [7, 11) is -3.44. The van der Waals surface area contributed by atoms with E-state index in [0.29, 0.717) is 6.42 Å². The van der Waals surface area contributed by atoms with Crippen molar-refractivity contribution in [1.82, 2.24) is 4.72 Å². The van der Waals surface area contributed by atoms with E-state index in [2.05, 4.69) is 4.72 Å². The molecule has 0 radical (unpaired) electrons. The molecule has 5 nitrogen and oxygen atoms in total. The normalized spacial score (nSPS) is 18.7. The summed E-state index contributed by atoms with van der Waals surface area (Å²) >= 11 is 0. The van der Waals surface area contributed by atoms with Gasteiger partial charge in [-0.15, -0.1) is 0 Å². The number of sulfonamides is 1. The molecule has 16 heavy (non-hydrogen) atoms. The fraction of sp³-hybridized carbons (Fsp3) is 0.900. The van der Waals surface area contributed by atoms with Crippen LogP contribution in [0.25, 0.3) is 0 Å². The van der Waals surface area contributed by atoms with Gasteiger partial charge in [0.05, 0.1) is 5.75 Å². The topological polar surface area (TPSA) is 83.5 Å². The quantitative estimate of drug-likeness (QED) is 0.699. The van der Waals surface area contributed by atoms with E-state index >= 15 is 0 Å². The standard InChI is InChI=1S/C10H19NO4S/c1-7(2)5-9(10(12)13)11-16(14,15)6-8-3-4-8/h7-9,11H,3-6H2,1-2H3,(H,12,13)/t9-/m1/s1. The smallest absolute Gasteiger partial charge is 0.321 e. The van der Waals surface area contributed by atoms with Crippen LogP contribution in [0.1, 0.15) is 33.1 Å². The largest absolute Gasteiger partial charge is 0.480 e. The third-order valence-electron chi connectivity index (χ3n) is 2.48. The summed E-state index contributed by atoms with van der Waals surface area (Å²) in [4.78, 5) is 10.9. The minimum absolute atomic E-state index is 0.0644. The molecule has 2 N–H and O–H groups in total. The van der Waals surface area contributed by atoms with Gasteiger partial charge in [0, 0.05) is 0 Å². The summed E-state index contributed by atoms with van der Waals surface area (Å²) in [6.45, 7) is 3.73. The molecule has 0 amide bonds. The van der Waals surface area contributed by atoms with E-state index in [9.17, 15) is 13.2 Å². The van der Waals surface area contributed by atoms with Gasteiger partial charge < -0.3 is 5.11 Å². The first kappa shape index (κ1) is 13.4. The summed E-state index contributed by atoms with van der Waals surface area (Å²) in [6, 6.07) is -0.997. The Morgan fingerprint density at radius 2 is 2.00 bits per heavy atom. The maximum Gasteiger partial charge on any atom is 0.321 e. The Hall–Kier alpha value is -0.620. The minimum Gasteiger partial charge on any atom is -0.480 e. The third kappa shape index (κ3) is 4.94. The average molecular weight is 249 g/mol. The molecule has 0 aromatic heterocycles. The molecule has 1 fully saturated rings. The van der Waals surface area contributed by atoms with Gasteiger partial charge in [-0.1, -0.05) is 13.8 Å². The van der Waals surface area contributed by atoms with Gasteiger partial charge in [0.1, 0.15) is 6.04 Å². The van der Waals surface area contributed by atoms with Crippen molar-refractivity contribution in [3.63, 3.8) is 0 Å². The van der Waals surface area contributed by atoms with Crippen molar-refractivity contribution in [2.45, 2.75) is 39.2 Å². The monoisotopic (exact) mass is 249 g/mol. The molecule has 0 aromatic rings. The Bertz CT molecular complexity index is 346. The first-order valence-electron chi connectivity index (χ1n) is 5.53. The van der Waals surface area contributed by atoms with E-state index < -0.39 is 22.0 Å². The Kier molecular flexibility index (Phi) is 4.32. The van der Waals surface area contributed by atoms with Crippen LogP contribution in [-0.4, -0.2) is 31.3 Å². The molecule has 1 saturated carbocycles. The van der Waals surface area contributed by atoms with Crippen molar-refractivity contribution >= 4 is 16.0 Å². The number of carboxylic acid groups (broad SMARTS) is 1. The highest BCUT2D eigenvalue weighted by Crippen LogP contribution is 2.30. The molecule has 0 spiro atoms. The second-order valence-corrected chi connectivity index (χ2v) is 6.66. The first-order valence-corrected chi connectivity index (χ1v) is 7.18. The lowest BCUT2D eigenvalue weighted by atomic mass is 10.1. The van der Waals surface area contributed by atoms with Crippen LogP contribution in [-0.2, 0) is 14.8 Å². The number of rotatable bonds is 7. The molecule has 1 aliphatic carbocycles. The second kappa shape index (κ2) is 5.14. The highest BCUT2D eigenvalue weighted by Gasteiger charge is 2.31. The zero-order valence-corrected chi connectivity index (χ0v) is 10.5. The molecule has 1 aliphatic rings. The maximum absolute atomic E-state index is 11.6. The van der Waals surface area contributed by atoms with Crippen LogP contribution < -0.4 is 4.72 Å². The average Bonchev–Trinajstić information content (AvgIpc) is 2.84. The van der Waals surface area contributed by atoms with Gasteiger partial charge in [0.2, 0.25) is 10.0 Å². The van der Waals surface area contributed by atoms with Gasteiger partial charge in [0.15, 0.2) is 0 Å². The first-order chi connectivity index (χ1) is 7.30. The van der Waals surface area contributed by atoms with Crippen LogP contribution in [0.3, 0.4) is 0 Å². The maximum atomic E-state index is 11.6. The Balaban J connectivity index is 2.55. The zero-order valence-electron chi connectivity index (χ0n) is 9.64. The Labute approximate surface area is 96.3 Å². The SMILES string of the molecule is CC(C)C[C@@H](NS(=O)(=O)CC1CC1)C(=O)O. The summed E-state index contributed by atoms with van der Waals surface area (Å²) in [5.74, 6) is -0.668. The van der Waals surface area contributed by atoms with Gasteiger partial charge in [-0.3, -0.25) is 4.79 Å². The summed E-state index contributed by atoms with van der Waals surface area (Å²) in [5, 5.41) is 8.91. The van der Waals surface area contributed by atoms with Crippen molar-refractivity contribution in [2.24, 2.45) is 11.8 Å². The van der Waals surface area contributed by atoms with Crippen LogP contribution >= 0.6 is 0 Å². The molecule has 1 rings (SSSR count). The fourth-order valence-corrected chi connectivity index (χ4v) is 3.21. The van der Waals surface area contributed by atoms with Crippen molar-refractivity contribution in [3.8, 4) is 0 Å². The summed E-state index contributed by atoms with van der Waals surface area (Å²) in [5.41, 5.74) is 0. The number of carbonyl (C=O) groups is 1. The molecule has 0 saturated heterocycles. The second-order valence-electron chi connectivity index (χ2n) is 4.86. The van der Waals surface area contributed by atoms with Gasteiger partial charge in [-0.05, 0) is 31.1 Å². The molecule has 0 aromatic carbocycles. The van der Waals surface area contributed by atoms with Crippen LogP contribution in [0.2, 0.25) is 0 Å². The molecule has 94 valence electrons. The van der Waals surface area contributed by atoms with E-state index in [0.717, 1.165) is 12.8 Å². The molecule has 0 bridgehead atoms. The number of hydrogen-bond acceptors (Lipinski definition) is 3. The van der Waals surface area contributed by atoms with Crippen molar-refractivity contribution in [1.29, 1.82) is 0 Å². The van der Waals surface area contributed by atoms with Gasteiger partial charge in [0.25, 0.3) is 0 Å². The van der Waals surface area contributed by atoms with Crippen molar-refractivity contribution in [2.75, 3.05) is 5.75 Å². The van der Waals surface area contributed by atoms with Crippen molar-refractivity contribution in [3.05, 3.63) is 0 Å². The molecule has 6 heteroatoms. The van der Waals surface area contributed by atoms with E-state index in [-0.39, 0.29) is 17.6 Å². The van der Waals surface area contributed by atoms with Crippen LogP contribution in [0, 0.1) is 11.8 Å². The van der Waals surface area contributed by atoms with E-state index in [1.54, 1.807) is 0 Å². The highest BCUT2D eigenvalue weighted by atomic mass is 32.2. The van der Waals surface area contributed by atoms with Crippen LogP contribution in [0.4, 0.5) is 0 Å². The molecule has 1 atom stereocenters. The molecule has 0 unspecified atom stereocenters. The minimum atomic E-state index is -3.44. The van der Waals surface area contributed by atoms with Crippen LogP contribution in [0.15, 0.2) is 0 Å². The number of hydrogen-bond donors (Lipinski definition) is 2. The lowest BCUT2D eigenvalue weighted by molar-refractivity contribution is -0.139. The predicted molar refractivity (Wildman–Crippen MR) is 60.5 cm³/mol. The molecule has 0 heterocycles. The van der Waals surface area contributed by atoms with Gasteiger partial charge in [-0.25, -0.2) is 13.1 Å². The van der Waals surface area contributed by atoms with Gasteiger partial charge >= 0.3 is 5.97 Å². The van der Waals surface area contributed by atoms with E-state index in [1.165, 1.54) is 0 Å². The van der Waals surface area contributed by atoms with Crippen LogP contribution in [0.5, 0.6) is 0 Å². The Morgan fingerprint density at radius 3 is 2.38 bits per heavy atom. The number of nitrogens with one attached hydrogen (secondary N) is 1. The Morgan fingerprint density at radius 1 is 1.44 bits per heavy atom. The third-order valence-corrected chi connectivity index (χ3v) is 4.03. The zero-order chi connectivity index (χ0) is 12.3. The fourth-order valence-electron chi connectivity index (χ4n) is 1.53. The lowest BCUT2D eigenvalue weighted by Crippen LogP contribution is -2.42. The predicted octanol–water partition coefficient (Wildman–Crippen LogP) is 0.815. The number of aliphatic carboxylic acids is 1. The number of carboxylic acids is 1. The van der Waals surface area contributed by atoms with E-state index in [4.69, 9.17) is 5.11 Å². The van der Waals surface area contributed by atoms with Crippen molar-refractivity contribution < 1.29 is 18.3 Å². The highest BCUT2D eigenvalue weighted by molar-refractivity contribution is 7.89. The lowest BCUT2D eigenvalue weighted by Gasteiger charge is -2.16. The van der Waals surface area contributed by atoms with Gasteiger partial charge in [-0.2, -0.15) is 0 Å². The summed E-state index contributed by atoms with van der Waals surface area (Å²) in [6.07, 6.45) is 2.19. The summed E-state index contributed by atoms with van der Waals surface area (Å²) < 4.78 is 25.5. The van der Waals surface area contributed by atoms with E-state index in [1.807, 2.05) is 13.8 Å². The molecule has 0 aliphatic heterocycles. The molecular formula is C10H19NO4S.